The minimum absolute atomic E-state index is 0.143. The summed E-state index contributed by atoms with van der Waals surface area (Å²) in [6, 6.07) is 9.78. The lowest BCUT2D eigenvalue weighted by molar-refractivity contribution is 0.0730. The smallest absolute Gasteiger partial charge is 0.243 e. The van der Waals surface area contributed by atoms with Gasteiger partial charge in [0.2, 0.25) is 10.0 Å². The number of rotatable bonds is 4. The Kier molecular flexibility index (Phi) is 5.20. The maximum atomic E-state index is 12.9. The van der Waals surface area contributed by atoms with Crippen molar-refractivity contribution in [2.24, 2.45) is 0 Å². The van der Waals surface area contributed by atoms with Crippen LogP contribution in [-0.4, -0.2) is 50.3 Å². The average Bonchev–Trinajstić information content (AvgIpc) is 3.08. The quantitative estimate of drug-likeness (QED) is 0.624. The normalized spacial score (nSPS) is 15.8. The van der Waals surface area contributed by atoms with Gasteiger partial charge in [-0.1, -0.05) is 29.3 Å². The van der Waals surface area contributed by atoms with E-state index >= 15 is 0 Å². The van der Waals surface area contributed by atoms with Crippen LogP contribution in [0.3, 0.4) is 0 Å². The summed E-state index contributed by atoms with van der Waals surface area (Å²) >= 11 is 12.1. The molecule has 0 amide bonds. The number of benzene rings is 2. The van der Waals surface area contributed by atoms with Crippen molar-refractivity contribution >= 4 is 50.4 Å². The zero-order valence-electron chi connectivity index (χ0n) is 14.6. The van der Waals surface area contributed by atoms with Gasteiger partial charge in [0.1, 0.15) is 0 Å². The molecule has 1 aliphatic heterocycles. The van der Waals surface area contributed by atoms with Gasteiger partial charge in [-0.05, 0) is 30.3 Å². The molecule has 1 N–H and O–H groups in total. The first kappa shape index (κ1) is 19.4. The lowest BCUT2D eigenvalue weighted by atomic mass is 10.1. The molecule has 0 bridgehead atoms. The standard InChI is InChI=1S/C19H16Cl2N2O4S/c20-16-3-1-12(9-17(16)21)19-15(11-24)14-10-13(2-4-18(14)22-19)28(25,26)23-5-7-27-8-6-23/h1-4,9-11,22H,5-8H2. The van der Waals surface area contributed by atoms with E-state index in [0.29, 0.717) is 70.4 Å². The zero-order chi connectivity index (χ0) is 19.9. The Labute approximate surface area is 172 Å². The van der Waals surface area contributed by atoms with Crippen LogP contribution in [0.1, 0.15) is 10.4 Å². The molecule has 9 heteroatoms. The fourth-order valence-corrected chi connectivity index (χ4v) is 5.02. The van der Waals surface area contributed by atoms with E-state index in [2.05, 4.69) is 4.98 Å². The Morgan fingerprint density at radius 2 is 1.79 bits per heavy atom. The number of aromatic amines is 1. The van der Waals surface area contributed by atoms with Gasteiger partial charge in [0.25, 0.3) is 0 Å². The Balaban J connectivity index is 1.84. The second-order valence-corrected chi connectivity index (χ2v) is 9.14. The number of aldehydes is 1. The van der Waals surface area contributed by atoms with Crippen molar-refractivity contribution in [3.8, 4) is 11.3 Å². The maximum Gasteiger partial charge on any atom is 0.243 e. The van der Waals surface area contributed by atoms with Gasteiger partial charge < -0.3 is 9.72 Å². The summed E-state index contributed by atoms with van der Waals surface area (Å²) in [6.45, 7) is 1.35. The van der Waals surface area contributed by atoms with Crippen LogP contribution in [0.15, 0.2) is 41.3 Å². The topological polar surface area (TPSA) is 79.5 Å². The first-order valence-corrected chi connectivity index (χ1v) is 10.8. The van der Waals surface area contributed by atoms with Gasteiger partial charge in [0.05, 0.1) is 33.8 Å². The molecular weight excluding hydrogens is 423 g/mol. The SMILES string of the molecule is O=Cc1c(-c2ccc(Cl)c(Cl)c2)[nH]c2ccc(S(=O)(=O)N3CCOCC3)cc12. The van der Waals surface area contributed by atoms with Crippen LogP contribution in [-0.2, 0) is 14.8 Å². The summed E-state index contributed by atoms with van der Waals surface area (Å²) in [6.07, 6.45) is 0.710. The maximum absolute atomic E-state index is 12.9. The molecular formula is C19H16Cl2N2O4S. The molecule has 0 atom stereocenters. The number of carbonyl (C=O) groups excluding carboxylic acids is 1. The van der Waals surface area contributed by atoms with Gasteiger partial charge in [0, 0.05) is 35.1 Å². The third-order valence-corrected chi connectivity index (χ3v) is 7.38. The number of nitrogens with one attached hydrogen (secondary N) is 1. The fraction of sp³-hybridized carbons (Fsp3) is 0.211. The van der Waals surface area contributed by atoms with Gasteiger partial charge in [-0.3, -0.25) is 4.79 Å². The summed E-state index contributed by atoms with van der Waals surface area (Å²) in [5.74, 6) is 0. The summed E-state index contributed by atoms with van der Waals surface area (Å²) in [7, 11) is -3.66. The summed E-state index contributed by atoms with van der Waals surface area (Å²) in [5.41, 5.74) is 2.27. The Morgan fingerprint density at radius 1 is 1.04 bits per heavy atom. The van der Waals surface area contributed by atoms with Gasteiger partial charge >= 0.3 is 0 Å². The molecule has 0 aliphatic carbocycles. The highest BCUT2D eigenvalue weighted by Crippen LogP contribution is 2.34. The molecule has 1 aromatic heterocycles. The van der Waals surface area contributed by atoms with Crippen LogP contribution in [0.2, 0.25) is 10.0 Å². The summed E-state index contributed by atoms with van der Waals surface area (Å²) < 4.78 is 32.5. The molecule has 2 heterocycles. The number of fused-ring (bicyclic) bond motifs is 1. The number of halogens is 2. The van der Waals surface area contributed by atoms with Gasteiger partial charge in [0.15, 0.2) is 6.29 Å². The molecule has 28 heavy (non-hydrogen) atoms. The largest absolute Gasteiger partial charge is 0.379 e. The van der Waals surface area contributed by atoms with Gasteiger partial charge in [-0.2, -0.15) is 4.31 Å². The van der Waals surface area contributed by atoms with Crippen molar-refractivity contribution in [2.45, 2.75) is 4.90 Å². The molecule has 0 radical (unpaired) electrons. The highest BCUT2D eigenvalue weighted by atomic mass is 35.5. The molecule has 6 nitrogen and oxygen atoms in total. The van der Waals surface area contributed by atoms with E-state index in [-0.39, 0.29) is 4.90 Å². The van der Waals surface area contributed by atoms with Crippen LogP contribution < -0.4 is 0 Å². The predicted molar refractivity (Wildman–Crippen MR) is 109 cm³/mol. The minimum atomic E-state index is -3.66. The number of hydrogen-bond donors (Lipinski definition) is 1. The van der Waals surface area contributed by atoms with Crippen molar-refractivity contribution < 1.29 is 17.9 Å². The van der Waals surface area contributed by atoms with Crippen LogP contribution in [0, 0.1) is 0 Å². The Morgan fingerprint density at radius 3 is 2.46 bits per heavy atom. The highest BCUT2D eigenvalue weighted by molar-refractivity contribution is 7.89. The van der Waals surface area contributed by atoms with E-state index in [4.69, 9.17) is 27.9 Å². The Hall–Kier alpha value is -1.90. The van der Waals surface area contributed by atoms with Crippen LogP contribution in [0.4, 0.5) is 0 Å². The zero-order valence-corrected chi connectivity index (χ0v) is 16.9. The van der Waals surface area contributed by atoms with E-state index in [0.717, 1.165) is 0 Å². The molecule has 1 saturated heterocycles. The van der Waals surface area contributed by atoms with Crippen LogP contribution in [0.5, 0.6) is 0 Å². The van der Waals surface area contributed by atoms with Gasteiger partial charge in [-0.15, -0.1) is 0 Å². The van der Waals surface area contributed by atoms with Crippen LogP contribution in [0.25, 0.3) is 22.2 Å². The van der Waals surface area contributed by atoms with Crippen molar-refractivity contribution in [1.29, 1.82) is 0 Å². The average molecular weight is 439 g/mol. The number of aromatic nitrogens is 1. The molecule has 0 unspecified atom stereocenters. The van der Waals surface area contributed by atoms with E-state index < -0.39 is 10.0 Å². The second kappa shape index (κ2) is 7.50. The number of morpholine rings is 1. The lowest BCUT2D eigenvalue weighted by Gasteiger charge is -2.26. The first-order valence-electron chi connectivity index (χ1n) is 8.56. The fourth-order valence-electron chi connectivity index (χ4n) is 3.29. The predicted octanol–water partition coefficient (Wildman–Crippen LogP) is 3.98. The molecule has 3 aromatic rings. The molecule has 1 aliphatic rings. The minimum Gasteiger partial charge on any atom is -0.379 e. The van der Waals surface area contributed by atoms with E-state index in [9.17, 15) is 13.2 Å². The first-order chi connectivity index (χ1) is 13.4. The third kappa shape index (κ3) is 3.33. The monoisotopic (exact) mass is 438 g/mol. The second-order valence-electron chi connectivity index (χ2n) is 6.38. The Bertz CT molecular complexity index is 1170. The molecule has 146 valence electrons. The van der Waals surface area contributed by atoms with Crippen molar-refractivity contribution in [2.75, 3.05) is 26.3 Å². The molecule has 1 fully saturated rings. The van der Waals surface area contributed by atoms with Crippen molar-refractivity contribution in [3.05, 3.63) is 52.0 Å². The van der Waals surface area contributed by atoms with Crippen LogP contribution >= 0.6 is 23.2 Å². The summed E-state index contributed by atoms with van der Waals surface area (Å²) in [4.78, 5) is 15.2. The molecule has 4 rings (SSSR count). The third-order valence-electron chi connectivity index (χ3n) is 4.74. The van der Waals surface area contributed by atoms with E-state index in [1.54, 1.807) is 24.3 Å². The highest BCUT2D eigenvalue weighted by Gasteiger charge is 2.27. The summed E-state index contributed by atoms with van der Waals surface area (Å²) in [5, 5.41) is 1.31. The number of sulfonamides is 1. The number of ether oxygens (including phenoxy) is 1. The van der Waals surface area contributed by atoms with Crippen molar-refractivity contribution in [3.63, 3.8) is 0 Å². The van der Waals surface area contributed by atoms with E-state index in [1.165, 1.54) is 16.4 Å². The molecule has 2 aromatic carbocycles. The number of H-pyrrole nitrogens is 1. The van der Waals surface area contributed by atoms with Gasteiger partial charge in [-0.25, -0.2) is 8.42 Å². The van der Waals surface area contributed by atoms with Crippen molar-refractivity contribution in [1.82, 2.24) is 9.29 Å². The number of nitrogens with zero attached hydrogens (tertiary/aromatic N) is 1. The number of carbonyl (C=O) groups is 1. The van der Waals surface area contributed by atoms with E-state index in [1.807, 2.05) is 0 Å². The molecule has 0 saturated carbocycles. The molecule has 0 spiro atoms. The number of hydrogen-bond acceptors (Lipinski definition) is 4. The lowest BCUT2D eigenvalue weighted by Crippen LogP contribution is -2.40.